The second-order valence-corrected chi connectivity index (χ2v) is 6.09. The summed E-state index contributed by atoms with van der Waals surface area (Å²) in [6.45, 7) is 7.24. The van der Waals surface area contributed by atoms with Crippen LogP contribution in [0.15, 0.2) is 0 Å². The van der Waals surface area contributed by atoms with Crippen molar-refractivity contribution >= 4 is 23.1 Å². The third-order valence-electron chi connectivity index (χ3n) is 3.58. The number of nitrogens with two attached hydrogens (primary N) is 1. The summed E-state index contributed by atoms with van der Waals surface area (Å²) in [5.41, 5.74) is 4.87. The van der Waals surface area contributed by atoms with Crippen molar-refractivity contribution in [1.82, 2.24) is 5.32 Å². The van der Waals surface area contributed by atoms with E-state index in [0.717, 1.165) is 12.8 Å². The standard InChI is InChI=1S/C13H24N2O2S/c1-4-5-12(2,3)15-11(16)13(10(14)18)6-8-17-9-7-13/h4-9H2,1-3H3,(H2,14,18)(H,15,16). The van der Waals surface area contributed by atoms with E-state index >= 15 is 0 Å². The van der Waals surface area contributed by atoms with Crippen molar-refractivity contribution in [3.05, 3.63) is 0 Å². The van der Waals surface area contributed by atoms with Gasteiger partial charge in [-0.1, -0.05) is 25.6 Å². The maximum absolute atomic E-state index is 12.5. The molecule has 0 bridgehead atoms. The maximum atomic E-state index is 12.5. The van der Waals surface area contributed by atoms with Crippen LogP contribution in [0.5, 0.6) is 0 Å². The zero-order valence-corrected chi connectivity index (χ0v) is 12.4. The predicted molar refractivity (Wildman–Crippen MR) is 76.4 cm³/mol. The van der Waals surface area contributed by atoms with Gasteiger partial charge in [-0.05, 0) is 33.1 Å². The molecule has 4 nitrogen and oxygen atoms in total. The first-order valence-electron chi connectivity index (χ1n) is 6.54. The third-order valence-corrected chi connectivity index (χ3v) is 3.97. The number of hydrogen-bond donors (Lipinski definition) is 2. The molecule has 0 radical (unpaired) electrons. The molecule has 0 spiro atoms. The Labute approximate surface area is 115 Å². The third kappa shape index (κ3) is 3.42. The zero-order chi connectivity index (χ0) is 13.8. The summed E-state index contributed by atoms with van der Waals surface area (Å²) in [4.78, 5) is 12.8. The molecule has 0 atom stereocenters. The van der Waals surface area contributed by atoms with E-state index in [9.17, 15) is 4.79 Å². The average Bonchev–Trinajstić information content (AvgIpc) is 2.28. The van der Waals surface area contributed by atoms with Crippen molar-refractivity contribution in [1.29, 1.82) is 0 Å². The molecule has 1 heterocycles. The van der Waals surface area contributed by atoms with E-state index < -0.39 is 5.41 Å². The molecule has 18 heavy (non-hydrogen) atoms. The van der Waals surface area contributed by atoms with Gasteiger partial charge in [-0.3, -0.25) is 4.79 Å². The SMILES string of the molecule is CCCC(C)(C)NC(=O)C1(C(N)=S)CCOCC1. The highest BCUT2D eigenvalue weighted by molar-refractivity contribution is 7.80. The molecule has 3 N–H and O–H groups in total. The molecule has 1 amide bonds. The minimum Gasteiger partial charge on any atom is -0.392 e. The van der Waals surface area contributed by atoms with E-state index in [1.54, 1.807) is 0 Å². The Hall–Kier alpha value is -0.680. The normalized spacial score (nSPS) is 19.3. The fraction of sp³-hybridized carbons (Fsp3) is 0.846. The quantitative estimate of drug-likeness (QED) is 0.749. The minimum atomic E-state index is -0.724. The van der Waals surface area contributed by atoms with Crippen LogP contribution in [0.1, 0.15) is 46.5 Å². The van der Waals surface area contributed by atoms with E-state index in [0.29, 0.717) is 26.1 Å². The van der Waals surface area contributed by atoms with Gasteiger partial charge in [-0.25, -0.2) is 0 Å². The Morgan fingerprint density at radius 3 is 2.44 bits per heavy atom. The highest BCUT2D eigenvalue weighted by Gasteiger charge is 2.44. The van der Waals surface area contributed by atoms with E-state index in [1.165, 1.54) is 0 Å². The molecule has 0 unspecified atom stereocenters. The summed E-state index contributed by atoms with van der Waals surface area (Å²) < 4.78 is 5.31. The van der Waals surface area contributed by atoms with Gasteiger partial charge in [-0.15, -0.1) is 0 Å². The van der Waals surface area contributed by atoms with Gasteiger partial charge in [0.05, 0.1) is 4.99 Å². The summed E-state index contributed by atoms with van der Waals surface area (Å²) in [7, 11) is 0. The number of ether oxygens (including phenoxy) is 1. The van der Waals surface area contributed by atoms with Gasteiger partial charge >= 0.3 is 0 Å². The van der Waals surface area contributed by atoms with Gasteiger partial charge in [0.15, 0.2) is 0 Å². The molecule has 0 saturated carbocycles. The Balaban J connectivity index is 2.81. The fourth-order valence-corrected chi connectivity index (χ4v) is 2.72. The molecule has 1 fully saturated rings. The van der Waals surface area contributed by atoms with E-state index in [2.05, 4.69) is 12.2 Å². The van der Waals surface area contributed by atoms with Crippen molar-refractivity contribution in [2.45, 2.75) is 52.0 Å². The van der Waals surface area contributed by atoms with Gasteiger partial charge in [0.2, 0.25) is 5.91 Å². The molecule has 1 rings (SSSR count). The summed E-state index contributed by atoms with van der Waals surface area (Å²) in [5.74, 6) is -0.0447. The van der Waals surface area contributed by atoms with Gasteiger partial charge in [0.25, 0.3) is 0 Å². The summed E-state index contributed by atoms with van der Waals surface area (Å²) in [6.07, 6.45) is 3.12. The van der Waals surface area contributed by atoms with Crippen LogP contribution in [0, 0.1) is 5.41 Å². The van der Waals surface area contributed by atoms with Crippen LogP contribution >= 0.6 is 12.2 Å². The lowest BCUT2D eigenvalue weighted by molar-refractivity contribution is -0.133. The number of amides is 1. The Bertz CT molecular complexity index is 323. The van der Waals surface area contributed by atoms with Crippen molar-refractivity contribution in [2.75, 3.05) is 13.2 Å². The lowest BCUT2D eigenvalue weighted by Crippen LogP contribution is -2.56. The highest BCUT2D eigenvalue weighted by atomic mass is 32.1. The lowest BCUT2D eigenvalue weighted by Gasteiger charge is -2.38. The number of thiocarbonyl (C=S) groups is 1. The largest absolute Gasteiger partial charge is 0.392 e. The molecule has 0 aliphatic carbocycles. The monoisotopic (exact) mass is 272 g/mol. The minimum absolute atomic E-state index is 0.0447. The molecule has 0 aromatic heterocycles. The van der Waals surface area contributed by atoms with Crippen LogP contribution in [0.25, 0.3) is 0 Å². The molecule has 1 saturated heterocycles. The smallest absolute Gasteiger partial charge is 0.233 e. The van der Waals surface area contributed by atoms with Crippen LogP contribution in [-0.4, -0.2) is 29.6 Å². The zero-order valence-electron chi connectivity index (χ0n) is 11.5. The van der Waals surface area contributed by atoms with Crippen LogP contribution in [0.3, 0.4) is 0 Å². The molecule has 104 valence electrons. The number of hydrogen-bond acceptors (Lipinski definition) is 3. The Morgan fingerprint density at radius 1 is 1.44 bits per heavy atom. The van der Waals surface area contributed by atoms with Crippen LogP contribution in [0.4, 0.5) is 0 Å². The first kappa shape index (κ1) is 15.4. The van der Waals surface area contributed by atoms with Gasteiger partial charge in [0.1, 0.15) is 5.41 Å². The van der Waals surface area contributed by atoms with Crippen molar-refractivity contribution < 1.29 is 9.53 Å². The first-order valence-corrected chi connectivity index (χ1v) is 6.95. The topological polar surface area (TPSA) is 64.4 Å². The molecule has 1 aliphatic heterocycles. The van der Waals surface area contributed by atoms with E-state index in [4.69, 9.17) is 22.7 Å². The fourth-order valence-electron chi connectivity index (χ4n) is 2.42. The lowest BCUT2D eigenvalue weighted by atomic mass is 9.78. The van der Waals surface area contributed by atoms with Crippen LogP contribution in [-0.2, 0) is 9.53 Å². The van der Waals surface area contributed by atoms with Gasteiger partial charge in [-0.2, -0.15) is 0 Å². The number of carbonyl (C=O) groups is 1. The number of rotatable bonds is 5. The molecular weight excluding hydrogens is 248 g/mol. The van der Waals surface area contributed by atoms with Crippen molar-refractivity contribution in [3.8, 4) is 0 Å². The second-order valence-electron chi connectivity index (χ2n) is 5.65. The Morgan fingerprint density at radius 2 is 2.00 bits per heavy atom. The average molecular weight is 272 g/mol. The number of carbonyl (C=O) groups excluding carboxylic acids is 1. The summed E-state index contributed by atoms with van der Waals surface area (Å²) in [5, 5.41) is 3.09. The maximum Gasteiger partial charge on any atom is 0.233 e. The molecule has 5 heteroatoms. The summed E-state index contributed by atoms with van der Waals surface area (Å²) in [6, 6.07) is 0. The Kier molecular flexibility index (Phi) is 5.10. The van der Waals surface area contributed by atoms with Gasteiger partial charge < -0.3 is 15.8 Å². The molecule has 1 aliphatic rings. The van der Waals surface area contributed by atoms with Crippen LogP contribution in [0.2, 0.25) is 0 Å². The van der Waals surface area contributed by atoms with Crippen molar-refractivity contribution in [3.63, 3.8) is 0 Å². The highest BCUT2D eigenvalue weighted by Crippen LogP contribution is 2.32. The predicted octanol–water partition coefficient (Wildman–Crippen LogP) is 1.76. The van der Waals surface area contributed by atoms with E-state index in [1.807, 2.05) is 13.8 Å². The van der Waals surface area contributed by atoms with Crippen molar-refractivity contribution in [2.24, 2.45) is 11.1 Å². The van der Waals surface area contributed by atoms with Crippen LogP contribution < -0.4 is 11.1 Å². The molecule has 0 aromatic rings. The van der Waals surface area contributed by atoms with E-state index in [-0.39, 0.29) is 16.4 Å². The van der Waals surface area contributed by atoms with Gasteiger partial charge in [0, 0.05) is 18.8 Å². The molecular formula is C13H24N2O2S. The summed E-state index contributed by atoms with van der Waals surface area (Å²) >= 11 is 5.12. The number of nitrogens with one attached hydrogen (secondary N) is 1. The molecule has 0 aromatic carbocycles. The second kappa shape index (κ2) is 5.97. The first-order chi connectivity index (χ1) is 8.34.